The van der Waals surface area contributed by atoms with Gasteiger partial charge in [-0.2, -0.15) is 0 Å². The van der Waals surface area contributed by atoms with Crippen LogP contribution in [0.5, 0.6) is 0 Å². The molecule has 2 aromatic rings. The van der Waals surface area contributed by atoms with Crippen LogP contribution in [0, 0.1) is 5.92 Å². The summed E-state index contributed by atoms with van der Waals surface area (Å²) in [6, 6.07) is 14.1. The molecule has 2 fully saturated rings. The molecule has 3 atom stereocenters. The lowest BCUT2D eigenvalue weighted by Crippen LogP contribution is -2.44. The first kappa shape index (κ1) is 15.3. The Labute approximate surface area is 141 Å². The third kappa shape index (κ3) is 3.32. The number of nitrogens with zero attached hydrogens (tertiary/aromatic N) is 2. The molecule has 2 saturated heterocycles. The number of hydrogen-bond donors (Lipinski definition) is 1. The molecule has 1 aromatic heterocycles. The SMILES string of the molecule is O=C(Nc1cccnc1)[C@H]1C[C@H]2CN(Cc3ccccc3)C[C@H]1O2. The smallest absolute Gasteiger partial charge is 0.230 e. The van der Waals surface area contributed by atoms with E-state index in [0.29, 0.717) is 0 Å². The van der Waals surface area contributed by atoms with E-state index in [9.17, 15) is 4.79 Å². The van der Waals surface area contributed by atoms with Gasteiger partial charge in [0.05, 0.1) is 30.0 Å². The van der Waals surface area contributed by atoms with Crippen LogP contribution in [0.2, 0.25) is 0 Å². The predicted octanol–water partition coefficient (Wildman–Crippen LogP) is 2.31. The Balaban J connectivity index is 1.39. The molecule has 0 aliphatic carbocycles. The molecule has 4 rings (SSSR count). The van der Waals surface area contributed by atoms with E-state index in [0.717, 1.165) is 31.7 Å². The number of benzene rings is 1. The van der Waals surface area contributed by atoms with Crippen molar-refractivity contribution in [1.82, 2.24) is 9.88 Å². The first-order valence-electron chi connectivity index (χ1n) is 8.40. The van der Waals surface area contributed by atoms with E-state index in [1.165, 1.54) is 5.56 Å². The second-order valence-corrected chi connectivity index (χ2v) is 6.55. The number of pyridine rings is 1. The third-order valence-corrected chi connectivity index (χ3v) is 4.75. The Bertz CT molecular complexity index is 692. The van der Waals surface area contributed by atoms with Crippen LogP contribution in [0.3, 0.4) is 0 Å². The molecule has 0 saturated carbocycles. The lowest BCUT2D eigenvalue weighted by atomic mass is 9.99. The number of aromatic nitrogens is 1. The van der Waals surface area contributed by atoms with E-state index in [1.807, 2.05) is 18.2 Å². The second kappa shape index (κ2) is 6.71. The summed E-state index contributed by atoms with van der Waals surface area (Å²) in [5.41, 5.74) is 2.04. The topological polar surface area (TPSA) is 54.5 Å². The first-order valence-corrected chi connectivity index (χ1v) is 8.40. The van der Waals surface area contributed by atoms with E-state index in [-0.39, 0.29) is 24.0 Å². The largest absolute Gasteiger partial charge is 0.371 e. The van der Waals surface area contributed by atoms with Crippen molar-refractivity contribution in [3.63, 3.8) is 0 Å². The maximum Gasteiger partial charge on any atom is 0.230 e. The predicted molar refractivity (Wildman–Crippen MR) is 91.4 cm³/mol. The molecular formula is C19H21N3O2. The Hall–Kier alpha value is -2.24. The van der Waals surface area contributed by atoms with E-state index >= 15 is 0 Å². The van der Waals surface area contributed by atoms with E-state index < -0.39 is 0 Å². The molecule has 5 nitrogen and oxygen atoms in total. The van der Waals surface area contributed by atoms with Gasteiger partial charge in [-0.15, -0.1) is 0 Å². The summed E-state index contributed by atoms with van der Waals surface area (Å²) in [6.07, 6.45) is 4.29. The third-order valence-electron chi connectivity index (χ3n) is 4.75. The quantitative estimate of drug-likeness (QED) is 0.938. The number of carbonyl (C=O) groups is 1. The maximum absolute atomic E-state index is 12.6. The van der Waals surface area contributed by atoms with Crippen molar-refractivity contribution >= 4 is 11.6 Å². The van der Waals surface area contributed by atoms with E-state index in [1.54, 1.807) is 12.4 Å². The summed E-state index contributed by atoms with van der Waals surface area (Å²) in [4.78, 5) is 19.0. The number of ether oxygens (including phenoxy) is 1. The van der Waals surface area contributed by atoms with Gasteiger partial charge in [0.15, 0.2) is 0 Å². The zero-order valence-corrected chi connectivity index (χ0v) is 13.5. The molecule has 0 spiro atoms. The average molecular weight is 323 g/mol. The van der Waals surface area contributed by atoms with Crippen LogP contribution >= 0.6 is 0 Å². The number of fused-ring (bicyclic) bond motifs is 2. The Morgan fingerprint density at radius 2 is 2.08 bits per heavy atom. The summed E-state index contributed by atoms with van der Waals surface area (Å²) in [5.74, 6) is -0.0481. The van der Waals surface area contributed by atoms with Gasteiger partial charge < -0.3 is 10.1 Å². The standard InChI is InChI=1S/C19H21N3O2/c23-19(21-15-7-4-8-20-10-15)17-9-16-12-22(13-18(17)24-16)11-14-5-2-1-3-6-14/h1-8,10,16-18H,9,11-13H2,(H,21,23)/t16-,17-,18+/m0/s1. The molecule has 3 heterocycles. The fraction of sp³-hybridized carbons (Fsp3) is 0.368. The Kier molecular flexibility index (Phi) is 4.28. The minimum absolute atomic E-state index is 0.0240. The number of amides is 1. The number of morpholine rings is 1. The van der Waals surface area contributed by atoms with Crippen molar-refractivity contribution < 1.29 is 9.53 Å². The van der Waals surface area contributed by atoms with Crippen LogP contribution in [-0.2, 0) is 16.1 Å². The van der Waals surface area contributed by atoms with Crippen molar-refractivity contribution in [2.75, 3.05) is 18.4 Å². The molecule has 24 heavy (non-hydrogen) atoms. The van der Waals surface area contributed by atoms with Gasteiger partial charge in [-0.05, 0) is 24.1 Å². The highest BCUT2D eigenvalue weighted by Crippen LogP contribution is 2.33. The van der Waals surface area contributed by atoms with Gasteiger partial charge >= 0.3 is 0 Å². The van der Waals surface area contributed by atoms with Gasteiger partial charge in [-0.25, -0.2) is 0 Å². The van der Waals surface area contributed by atoms with Crippen LogP contribution < -0.4 is 5.32 Å². The highest BCUT2D eigenvalue weighted by Gasteiger charge is 2.44. The fourth-order valence-electron chi connectivity index (χ4n) is 3.66. The summed E-state index contributed by atoms with van der Waals surface area (Å²) < 4.78 is 6.02. The van der Waals surface area contributed by atoms with Gasteiger partial charge in [0, 0.05) is 25.8 Å². The maximum atomic E-state index is 12.6. The number of likely N-dealkylation sites (tertiary alicyclic amines) is 1. The van der Waals surface area contributed by atoms with Gasteiger partial charge in [0.25, 0.3) is 0 Å². The van der Waals surface area contributed by atoms with E-state index in [2.05, 4.69) is 39.5 Å². The molecule has 0 radical (unpaired) electrons. The minimum Gasteiger partial charge on any atom is -0.371 e. The Morgan fingerprint density at radius 3 is 2.88 bits per heavy atom. The number of carbonyl (C=O) groups excluding carboxylic acids is 1. The fourth-order valence-corrected chi connectivity index (χ4v) is 3.66. The zero-order valence-electron chi connectivity index (χ0n) is 13.5. The van der Waals surface area contributed by atoms with Gasteiger partial charge in [0.2, 0.25) is 5.91 Å². The normalized spacial score (nSPS) is 26.2. The van der Waals surface area contributed by atoms with Crippen LogP contribution in [-0.4, -0.2) is 41.1 Å². The van der Waals surface area contributed by atoms with Crippen LogP contribution in [0.25, 0.3) is 0 Å². The number of hydrogen-bond acceptors (Lipinski definition) is 4. The van der Waals surface area contributed by atoms with Gasteiger partial charge in [-0.1, -0.05) is 30.3 Å². The lowest BCUT2D eigenvalue weighted by Gasteiger charge is -2.32. The molecule has 0 unspecified atom stereocenters. The second-order valence-electron chi connectivity index (χ2n) is 6.55. The number of rotatable bonds is 4. The summed E-state index contributed by atoms with van der Waals surface area (Å²) in [7, 11) is 0. The monoisotopic (exact) mass is 323 g/mol. The number of nitrogens with one attached hydrogen (secondary N) is 1. The van der Waals surface area contributed by atoms with Crippen LogP contribution in [0.1, 0.15) is 12.0 Å². The summed E-state index contributed by atoms with van der Waals surface area (Å²) >= 11 is 0. The van der Waals surface area contributed by atoms with Crippen molar-refractivity contribution in [1.29, 1.82) is 0 Å². The van der Waals surface area contributed by atoms with Crippen LogP contribution in [0.15, 0.2) is 54.9 Å². The van der Waals surface area contributed by atoms with E-state index in [4.69, 9.17) is 4.74 Å². The van der Waals surface area contributed by atoms with Crippen molar-refractivity contribution in [2.45, 2.75) is 25.2 Å². The number of anilines is 1. The molecule has 1 N–H and O–H groups in total. The molecule has 124 valence electrons. The molecule has 1 amide bonds. The summed E-state index contributed by atoms with van der Waals surface area (Å²) in [5, 5.41) is 2.96. The van der Waals surface area contributed by atoms with Crippen molar-refractivity contribution in [2.24, 2.45) is 5.92 Å². The Morgan fingerprint density at radius 1 is 1.21 bits per heavy atom. The van der Waals surface area contributed by atoms with Gasteiger partial charge in [-0.3, -0.25) is 14.7 Å². The molecule has 1 aromatic carbocycles. The van der Waals surface area contributed by atoms with Crippen molar-refractivity contribution in [3.05, 3.63) is 60.4 Å². The van der Waals surface area contributed by atoms with Gasteiger partial charge in [0.1, 0.15) is 0 Å². The summed E-state index contributed by atoms with van der Waals surface area (Å²) in [6.45, 7) is 2.60. The molecule has 5 heteroatoms. The first-order chi connectivity index (χ1) is 11.8. The van der Waals surface area contributed by atoms with Crippen molar-refractivity contribution in [3.8, 4) is 0 Å². The highest BCUT2D eigenvalue weighted by atomic mass is 16.5. The molecule has 2 aliphatic rings. The van der Waals surface area contributed by atoms with Crippen LogP contribution in [0.4, 0.5) is 5.69 Å². The lowest BCUT2D eigenvalue weighted by molar-refractivity contribution is -0.123. The highest BCUT2D eigenvalue weighted by molar-refractivity contribution is 5.93. The molecular weight excluding hydrogens is 302 g/mol. The minimum atomic E-state index is -0.0871. The molecule has 2 bridgehead atoms. The zero-order chi connectivity index (χ0) is 16.4. The average Bonchev–Trinajstić information content (AvgIpc) is 2.91. The molecule has 2 aliphatic heterocycles.